The molecule has 4 heteroatoms. The molecule has 1 saturated carbocycles. The number of primary amides is 1. The molecule has 1 aromatic rings. The van der Waals surface area contributed by atoms with Gasteiger partial charge in [0.2, 0.25) is 5.91 Å². The van der Waals surface area contributed by atoms with E-state index in [2.05, 4.69) is 30.4 Å². The molecule has 1 aliphatic carbocycles. The number of rotatable bonds is 6. The molecule has 1 aliphatic rings. The first kappa shape index (κ1) is 13.4. The summed E-state index contributed by atoms with van der Waals surface area (Å²) in [5.41, 5.74) is 6.14. The number of carbonyl (C=O) groups excluding carboxylic acids is 1. The fraction of sp³-hybridized carbons (Fsp3) is 0.500. The molecule has 1 unspecified atom stereocenters. The molecule has 1 amide bonds. The normalized spacial score (nSPS) is 18.3. The van der Waals surface area contributed by atoms with E-state index in [-0.39, 0.29) is 5.91 Å². The van der Waals surface area contributed by atoms with Gasteiger partial charge in [-0.1, -0.05) is 17.7 Å². The Balaban J connectivity index is 1.98. The average molecular weight is 264 g/mol. The van der Waals surface area contributed by atoms with Crippen LogP contribution in [0.2, 0.25) is 0 Å². The van der Waals surface area contributed by atoms with Gasteiger partial charge >= 0.3 is 0 Å². The van der Waals surface area contributed by atoms with Gasteiger partial charge in [0.05, 0.1) is 0 Å². The van der Waals surface area contributed by atoms with Crippen LogP contribution in [0.3, 0.4) is 0 Å². The topological polar surface area (TPSA) is 55.1 Å². The molecule has 3 N–H and O–H groups in total. The molecule has 0 aromatic heterocycles. The summed E-state index contributed by atoms with van der Waals surface area (Å²) in [5.74, 6) is 0.400. The summed E-state index contributed by atoms with van der Waals surface area (Å²) in [6.07, 6.45) is 2.30. The van der Waals surface area contributed by atoms with Crippen LogP contribution in [-0.2, 0) is 4.79 Å². The van der Waals surface area contributed by atoms with Crippen LogP contribution in [-0.4, -0.2) is 23.2 Å². The number of thioether (sulfide) groups is 1. The molecule has 98 valence electrons. The Morgan fingerprint density at radius 2 is 2.28 bits per heavy atom. The van der Waals surface area contributed by atoms with Crippen molar-refractivity contribution in [2.24, 2.45) is 5.73 Å². The Labute approximate surface area is 113 Å². The molecule has 1 atom stereocenters. The summed E-state index contributed by atoms with van der Waals surface area (Å²) in [6.45, 7) is 3.97. The Bertz CT molecular complexity index is 445. The van der Waals surface area contributed by atoms with E-state index < -0.39 is 5.54 Å². The fourth-order valence-electron chi connectivity index (χ4n) is 1.79. The van der Waals surface area contributed by atoms with Crippen LogP contribution in [0.25, 0.3) is 0 Å². The molecule has 0 saturated heterocycles. The van der Waals surface area contributed by atoms with Crippen LogP contribution in [0.15, 0.2) is 29.2 Å². The van der Waals surface area contributed by atoms with Gasteiger partial charge in [0.25, 0.3) is 0 Å². The Morgan fingerprint density at radius 3 is 2.83 bits per heavy atom. The number of aryl methyl sites for hydroxylation is 1. The van der Waals surface area contributed by atoms with E-state index in [0.29, 0.717) is 11.8 Å². The van der Waals surface area contributed by atoms with E-state index in [0.717, 1.165) is 12.8 Å². The summed E-state index contributed by atoms with van der Waals surface area (Å²) >= 11 is 1.68. The molecule has 1 aromatic carbocycles. The van der Waals surface area contributed by atoms with Gasteiger partial charge in [-0.2, -0.15) is 0 Å². The zero-order chi connectivity index (χ0) is 13.2. The lowest BCUT2D eigenvalue weighted by Gasteiger charge is -2.27. The van der Waals surface area contributed by atoms with Crippen molar-refractivity contribution in [1.29, 1.82) is 0 Å². The van der Waals surface area contributed by atoms with E-state index in [1.807, 2.05) is 13.0 Å². The maximum absolute atomic E-state index is 11.6. The number of amides is 1. The number of hydrogen-bond donors (Lipinski definition) is 2. The Hall–Kier alpha value is -1.00. The fourth-order valence-corrected chi connectivity index (χ4v) is 2.92. The van der Waals surface area contributed by atoms with Gasteiger partial charge in [-0.3, -0.25) is 4.79 Å². The van der Waals surface area contributed by atoms with Gasteiger partial charge in [0, 0.05) is 16.7 Å². The predicted octanol–water partition coefficient (Wildman–Crippen LogP) is 2.08. The van der Waals surface area contributed by atoms with Gasteiger partial charge in [-0.05, 0) is 38.8 Å². The average Bonchev–Trinajstić information content (AvgIpc) is 3.10. The molecule has 0 heterocycles. The highest BCUT2D eigenvalue weighted by atomic mass is 32.2. The number of nitrogens with one attached hydrogen (secondary N) is 1. The molecule has 3 nitrogen and oxygen atoms in total. The van der Waals surface area contributed by atoms with Crippen LogP contribution < -0.4 is 11.1 Å². The zero-order valence-corrected chi connectivity index (χ0v) is 11.7. The monoisotopic (exact) mass is 264 g/mol. The van der Waals surface area contributed by atoms with E-state index in [1.165, 1.54) is 10.5 Å². The SMILES string of the molecule is Cc1cccc(SCC(C)(NC2CC2)C(N)=O)c1. The van der Waals surface area contributed by atoms with Crippen LogP contribution in [0, 0.1) is 6.92 Å². The van der Waals surface area contributed by atoms with E-state index in [9.17, 15) is 4.79 Å². The lowest BCUT2D eigenvalue weighted by Crippen LogP contribution is -2.55. The molecule has 1 fully saturated rings. The van der Waals surface area contributed by atoms with Crippen molar-refractivity contribution in [3.05, 3.63) is 29.8 Å². The quantitative estimate of drug-likeness (QED) is 0.774. The number of nitrogens with two attached hydrogens (primary N) is 1. The van der Waals surface area contributed by atoms with Crippen molar-refractivity contribution >= 4 is 17.7 Å². The van der Waals surface area contributed by atoms with Crippen molar-refractivity contribution < 1.29 is 4.79 Å². The Morgan fingerprint density at radius 1 is 1.56 bits per heavy atom. The van der Waals surface area contributed by atoms with Gasteiger partial charge in [-0.15, -0.1) is 11.8 Å². The van der Waals surface area contributed by atoms with Gasteiger partial charge < -0.3 is 11.1 Å². The van der Waals surface area contributed by atoms with Gasteiger partial charge in [-0.25, -0.2) is 0 Å². The largest absolute Gasteiger partial charge is 0.368 e. The highest BCUT2D eigenvalue weighted by molar-refractivity contribution is 7.99. The van der Waals surface area contributed by atoms with Crippen molar-refractivity contribution in [3.8, 4) is 0 Å². The molecule has 18 heavy (non-hydrogen) atoms. The lowest BCUT2D eigenvalue weighted by atomic mass is 10.1. The maximum atomic E-state index is 11.6. The minimum Gasteiger partial charge on any atom is -0.368 e. The Kier molecular flexibility index (Phi) is 3.97. The van der Waals surface area contributed by atoms with E-state index in [1.54, 1.807) is 11.8 Å². The second-order valence-corrected chi connectivity index (χ2v) is 6.27. The molecule has 0 spiro atoms. The van der Waals surface area contributed by atoms with Crippen LogP contribution in [0.1, 0.15) is 25.3 Å². The van der Waals surface area contributed by atoms with Gasteiger partial charge in [0.1, 0.15) is 5.54 Å². The highest BCUT2D eigenvalue weighted by Gasteiger charge is 2.36. The van der Waals surface area contributed by atoms with Crippen molar-refractivity contribution in [2.45, 2.75) is 43.2 Å². The highest BCUT2D eigenvalue weighted by Crippen LogP contribution is 2.27. The molecular weight excluding hydrogens is 244 g/mol. The third-order valence-corrected chi connectivity index (χ3v) is 4.47. The number of benzene rings is 1. The second kappa shape index (κ2) is 5.33. The molecular formula is C14H20N2OS. The first-order chi connectivity index (χ1) is 8.49. The van der Waals surface area contributed by atoms with Crippen LogP contribution in [0.5, 0.6) is 0 Å². The van der Waals surface area contributed by atoms with Crippen molar-refractivity contribution in [3.63, 3.8) is 0 Å². The standard InChI is InChI=1S/C14H20N2OS/c1-10-4-3-5-12(8-10)18-9-14(2,13(15)17)16-11-6-7-11/h3-5,8,11,16H,6-7,9H2,1-2H3,(H2,15,17). The zero-order valence-electron chi connectivity index (χ0n) is 10.9. The predicted molar refractivity (Wildman–Crippen MR) is 75.7 cm³/mol. The molecule has 0 bridgehead atoms. The minimum atomic E-state index is -0.615. The minimum absolute atomic E-state index is 0.269. The number of hydrogen-bond acceptors (Lipinski definition) is 3. The van der Waals surface area contributed by atoms with Crippen LogP contribution >= 0.6 is 11.8 Å². The summed E-state index contributed by atoms with van der Waals surface area (Å²) < 4.78 is 0. The number of carbonyl (C=O) groups is 1. The van der Waals surface area contributed by atoms with Crippen LogP contribution in [0.4, 0.5) is 0 Å². The van der Waals surface area contributed by atoms with E-state index in [4.69, 9.17) is 5.73 Å². The van der Waals surface area contributed by atoms with Gasteiger partial charge in [0.15, 0.2) is 0 Å². The van der Waals surface area contributed by atoms with Crippen molar-refractivity contribution in [1.82, 2.24) is 5.32 Å². The summed E-state index contributed by atoms with van der Waals surface area (Å²) in [4.78, 5) is 12.8. The summed E-state index contributed by atoms with van der Waals surface area (Å²) in [6, 6.07) is 8.77. The maximum Gasteiger partial charge on any atom is 0.238 e. The first-order valence-electron chi connectivity index (χ1n) is 6.27. The molecule has 0 radical (unpaired) electrons. The third kappa shape index (κ3) is 3.50. The second-order valence-electron chi connectivity index (χ2n) is 5.22. The third-order valence-electron chi connectivity index (χ3n) is 3.16. The molecule has 2 rings (SSSR count). The first-order valence-corrected chi connectivity index (χ1v) is 7.25. The smallest absolute Gasteiger partial charge is 0.238 e. The summed E-state index contributed by atoms with van der Waals surface area (Å²) in [7, 11) is 0. The molecule has 0 aliphatic heterocycles. The summed E-state index contributed by atoms with van der Waals surface area (Å²) in [5, 5.41) is 3.36. The van der Waals surface area contributed by atoms with Crippen molar-refractivity contribution in [2.75, 3.05) is 5.75 Å². The lowest BCUT2D eigenvalue weighted by molar-refractivity contribution is -0.123. The van der Waals surface area contributed by atoms with E-state index >= 15 is 0 Å².